The third kappa shape index (κ3) is 4.06. The van der Waals surface area contributed by atoms with E-state index in [1.54, 1.807) is 27.7 Å². The molecule has 0 spiro atoms. The van der Waals surface area contributed by atoms with Gasteiger partial charge in [-0.05, 0) is 27.2 Å². The molecule has 6 nitrogen and oxygen atoms in total. The molecule has 0 aromatic heterocycles. The molecule has 16 heavy (non-hydrogen) atoms. The molecule has 0 radical (unpaired) electrons. The molecule has 0 fully saturated rings. The van der Waals surface area contributed by atoms with Crippen LogP contribution in [0.4, 0.5) is 4.79 Å². The van der Waals surface area contributed by atoms with Gasteiger partial charge in [-0.3, -0.25) is 0 Å². The van der Waals surface area contributed by atoms with E-state index < -0.39 is 29.8 Å². The number of rotatable bonds is 4. The molecule has 0 saturated heterocycles. The first-order chi connectivity index (χ1) is 7.17. The largest absolute Gasteiger partial charge is 0.479 e. The molecule has 1 amide bonds. The maximum absolute atomic E-state index is 11.4. The second-order valence-electron chi connectivity index (χ2n) is 4.53. The van der Waals surface area contributed by atoms with Gasteiger partial charge in [-0.1, -0.05) is 6.92 Å². The fraction of sp³-hybridized carbons (Fsp3) is 0.800. The molecule has 0 aliphatic rings. The molecule has 0 aliphatic carbocycles. The maximum atomic E-state index is 11.4. The summed E-state index contributed by atoms with van der Waals surface area (Å²) in [5.74, 6) is -1.29. The standard InChI is InChI=1S/C10H19NO5/c1-5-10(6-12,7(13)14)11-8(15)16-9(2,3)4/h12H,5-6H2,1-4H3,(H,11,15)(H,13,14)/t10-/m0/s1. The molecule has 3 N–H and O–H groups in total. The summed E-state index contributed by atoms with van der Waals surface area (Å²) in [7, 11) is 0. The lowest BCUT2D eigenvalue weighted by Gasteiger charge is -2.29. The molecule has 0 bridgehead atoms. The maximum Gasteiger partial charge on any atom is 0.408 e. The van der Waals surface area contributed by atoms with Crippen molar-refractivity contribution in [3.63, 3.8) is 0 Å². The SMILES string of the molecule is CC[C@@](CO)(NC(=O)OC(C)(C)C)C(=O)O. The van der Waals surface area contributed by atoms with Crippen molar-refractivity contribution >= 4 is 12.1 Å². The van der Waals surface area contributed by atoms with Crippen LogP contribution in [0, 0.1) is 0 Å². The minimum atomic E-state index is -1.68. The van der Waals surface area contributed by atoms with Gasteiger partial charge in [-0.25, -0.2) is 9.59 Å². The van der Waals surface area contributed by atoms with Crippen molar-refractivity contribution in [2.24, 2.45) is 0 Å². The van der Waals surface area contributed by atoms with Crippen molar-refractivity contribution in [1.29, 1.82) is 0 Å². The first-order valence-corrected chi connectivity index (χ1v) is 5.02. The summed E-state index contributed by atoms with van der Waals surface area (Å²) < 4.78 is 4.92. The Morgan fingerprint density at radius 1 is 1.31 bits per heavy atom. The molecule has 94 valence electrons. The Bertz CT molecular complexity index is 265. The van der Waals surface area contributed by atoms with Crippen LogP contribution in [0.5, 0.6) is 0 Å². The molecular formula is C10H19NO5. The van der Waals surface area contributed by atoms with Crippen LogP contribution in [0.1, 0.15) is 34.1 Å². The Morgan fingerprint density at radius 3 is 2.06 bits per heavy atom. The average Bonchev–Trinajstić information content (AvgIpc) is 2.10. The summed E-state index contributed by atoms with van der Waals surface area (Å²) in [6.07, 6.45) is -0.788. The minimum absolute atomic E-state index is 0.0675. The molecular weight excluding hydrogens is 214 g/mol. The van der Waals surface area contributed by atoms with Gasteiger partial charge < -0.3 is 20.3 Å². The number of ether oxygens (including phenoxy) is 1. The lowest BCUT2D eigenvalue weighted by molar-refractivity contribution is -0.146. The zero-order valence-electron chi connectivity index (χ0n) is 10.0. The molecule has 0 rings (SSSR count). The van der Waals surface area contributed by atoms with E-state index in [-0.39, 0.29) is 6.42 Å². The number of carbonyl (C=O) groups excluding carboxylic acids is 1. The Kier molecular flexibility index (Phi) is 4.74. The number of hydrogen-bond acceptors (Lipinski definition) is 4. The third-order valence-electron chi connectivity index (χ3n) is 2.02. The average molecular weight is 233 g/mol. The molecule has 0 saturated carbocycles. The van der Waals surface area contributed by atoms with Gasteiger partial charge in [0.2, 0.25) is 0 Å². The van der Waals surface area contributed by atoms with Crippen LogP contribution in [-0.4, -0.2) is 40.0 Å². The predicted molar refractivity (Wildman–Crippen MR) is 57.1 cm³/mol. The number of alkyl carbamates (subject to hydrolysis) is 1. The summed E-state index contributed by atoms with van der Waals surface area (Å²) in [6, 6.07) is 0. The molecule has 0 aromatic rings. The van der Waals surface area contributed by atoms with Gasteiger partial charge in [0.25, 0.3) is 0 Å². The fourth-order valence-corrected chi connectivity index (χ4v) is 1.01. The Morgan fingerprint density at radius 2 is 1.81 bits per heavy atom. The van der Waals surface area contributed by atoms with Gasteiger partial charge in [0.05, 0.1) is 6.61 Å². The Balaban J connectivity index is 4.66. The lowest BCUT2D eigenvalue weighted by Crippen LogP contribution is -2.57. The monoisotopic (exact) mass is 233 g/mol. The fourth-order valence-electron chi connectivity index (χ4n) is 1.01. The number of carboxylic acids is 1. The normalized spacial score (nSPS) is 15.1. The molecule has 6 heteroatoms. The van der Waals surface area contributed by atoms with E-state index in [0.717, 1.165) is 0 Å². The van der Waals surface area contributed by atoms with E-state index in [0.29, 0.717) is 0 Å². The second kappa shape index (κ2) is 5.16. The first-order valence-electron chi connectivity index (χ1n) is 5.02. The van der Waals surface area contributed by atoms with Crippen LogP contribution < -0.4 is 5.32 Å². The summed E-state index contributed by atoms with van der Waals surface area (Å²) in [5.41, 5.74) is -2.39. The van der Waals surface area contributed by atoms with Gasteiger partial charge in [0.1, 0.15) is 5.60 Å². The van der Waals surface area contributed by atoms with Gasteiger partial charge >= 0.3 is 12.1 Å². The van der Waals surface area contributed by atoms with E-state index in [1.165, 1.54) is 0 Å². The Labute approximate surface area is 94.6 Å². The first kappa shape index (κ1) is 14.7. The van der Waals surface area contributed by atoms with Crippen LogP contribution in [0.15, 0.2) is 0 Å². The van der Waals surface area contributed by atoms with Gasteiger partial charge in [0.15, 0.2) is 5.54 Å². The molecule has 0 aromatic carbocycles. The van der Waals surface area contributed by atoms with Crippen LogP contribution in [0.3, 0.4) is 0 Å². The van der Waals surface area contributed by atoms with Gasteiger partial charge in [-0.2, -0.15) is 0 Å². The molecule has 0 aliphatic heterocycles. The van der Waals surface area contributed by atoms with E-state index in [2.05, 4.69) is 5.32 Å². The number of aliphatic carboxylic acids is 1. The van der Waals surface area contributed by atoms with Crippen molar-refractivity contribution in [3.8, 4) is 0 Å². The summed E-state index contributed by atoms with van der Waals surface area (Å²) in [6.45, 7) is 5.87. The Hall–Kier alpha value is -1.30. The third-order valence-corrected chi connectivity index (χ3v) is 2.02. The van der Waals surface area contributed by atoms with Crippen LogP contribution in [-0.2, 0) is 9.53 Å². The highest BCUT2D eigenvalue weighted by molar-refractivity contribution is 5.84. The van der Waals surface area contributed by atoms with Crippen molar-refractivity contribution in [1.82, 2.24) is 5.32 Å². The van der Waals surface area contributed by atoms with E-state index in [1.807, 2.05) is 0 Å². The van der Waals surface area contributed by atoms with Gasteiger partial charge in [-0.15, -0.1) is 0 Å². The number of carboxylic acid groups (broad SMARTS) is 1. The van der Waals surface area contributed by atoms with E-state index in [4.69, 9.17) is 14.9 Å². The van der Waals surface area contributed by atoms with Crippen molar-refractivity contribution in [2.75, 3.05) is 6.61 Å². The predicted octanol–water partition coefficient (Wildman–Crippen LogP) is 0.737. The van der Waals surface area contributed by atoms with Crippen LogP contribution >= 0.6 is 0 Å². The zero-order chi connectivity index (χ0) is 13.0. The highest BCUT2D eigenvalue weighted by atomic mass is 16.6. The molecule has 0 heterocycles. The summed E-state index contributed by atoms with van der Waals surface area (Å²) in [5, 5.41) is 20.2. The minimum Gasteiger partial charge on any atom is -0.479 e. The number of nitrogens with one attached hydrogen (secondary N) is 1. The number of amides is 1. The van der Waals surface area contributed by atoms with Crippen molar-refractivity contribution < 1.29 is 24.5 Å². The zero-order valence-corrected chi connectivity index (χ0v) is 10.0. The van der Waals surface area contributed by atoms with Crippen molar-refractivity contribution in [2.45, 2.75) is 45.3 Å². The number of aliphatic hydroxyl groups excluding tert-OH is 1. The van der Waals surface area contributed by atoms with Crippen LogP contribution in [0.2, 0.25) is 0 Å². The van der Waals surface area contributed by atoms with Gasteiger partial charge in [0, 0.05) is 0 Å². The smallest absolute Gasteiger partial charge is 0.408 e. The van der Waals surface area contributed by atoms with Crippen molar-refractivity contribution in [3.05, 3.63) is 0 Å². The summed E-state index contributed by atoms with van der Waals surface area (Å²) in [4.78, 5) is 22.3. The highest BCUT2D eigenvalue weighted by Crippen LogP contribution is 2.13. The molecule has 1 atom stereocenters. The topological polar surface area (TPSA) is 95.9 Å². The van der Waals surface area contributed by atoms with Crippen LogP contribution in [0.25, 0.3) is 0 Å². The second-order valence-corrected chi connectivity index (χ2v) is 4.53. The number of hydrogen-bond donors (Lipinski definition) is 3. The quantitative estimate of drug-likeness (QED) is 0.665. The molecule has 0 unspecified atom stereocenters. The summed E-state index contributed by atoms with van der Waals surface area (Å²) >= 11 is 0. The lowest BCUT2D eigenvalue weighted by atomic mass is 9.98. The van der Waals surface area contributed by atoms with E-state index >= 15 is 0 Å². The highest BCUT2D eigenvalue weighted by Gasteiger charge is 2.39. The number of carbonyl (C=O) groups is 2. The number of aliphatic hydroxyl groups is 1. The van der Waals surface area contributed by atoms with E-state index in [9.17, 15) is 9.59 Å².